The molecule has 1 saturated carbocycles. The lowest BCUT2D eigenvalue weighted by atomic mass is 9.72. The Hall–Kier alpha value is -2.11. The van der Waals surface area contributed by atoms with Gasteiger partial charge < -0.3 is 5.32 Å². The van der Waals surface area contributed by atoms with Gasteiger partial charge in [0, 0.05) is 5.39 Å². The molecule has 0 bridgehead atoms. The van der Waals surface area contributed by atoms with Gasteiger partial charge in [-0.15, -0.1) is 0 Å². The Morgan fingerprint density at radius 1 is 1.13 bits per heavy atom. The molecule has 0 spiro atoms. The van der Waals surface area contributed by atoms with E-state index in [1.165, 1.54) is 6.20 Å². The first kappa shape index (κ1) is 15.8. The number of para-hydroxylation sites is 1. The number of carbonyl (C=O) groups excluding carboxylic acids is 1. The van der Waals surface area contributed by atoms with Gasteiger partial charge in [-0.05, 0) is 25.0 Å². The van der Waals surface area contributed by atoms with Crippen LogP contribution in [0.15, 0.2) is 36.5 Å². The molecule has 0 atom stereocenters. The lowest BCUT2D eigenvalue weighted by molar-refractivity contribution is -0.227. The number of halogens is 3. The summed E-state index contributed by atoms with van der Waals surface area (Å²) in [5, 5.41) is 3.20. The molecule has 1 aromatic heterocycles. The number of amides is 1. The predicted molar refractivity (Wildman–Crippen MR) is 81.9 cm³/mol. The van der Waals surface area contributed by atoms with Crippen molar-refractivity contribution in [2.45, 2.75) is 38.3 Å². The first-order valence-corrected chi connectivity index (χ1v) is 7.65. The number of alkyl halides is 3. The van der Waals surface area contributed by atoms with Gasteiger partial charge in [0.05, 0.1) is 17.4 Å². The third kappa shape index (κ3) is 2.90. The molecule has 2 aromatic rings. The first-order chi connectivity index (χ1) is 10.9. The third-order valence-corrected chi connectivity index (χ3v) is 4.53. The average Bonchev–Trinajstić information content (AvgIpc) is 2.54. The van der Waals surface area contributed by atoms with E-state index in [1.807, 2.05) is 12.1 Å². The Balaban J connectivity index is 1.88. The fraction of sp³-hybridized carbons (Fsp3) is 0.412. The lowest BCUT2D eigenvalue weighted by Gasteiger charge is -2.37. The molecule has 1 heterocycles. The minimum absolute atomic E-state index is 0.149. The van der Waals surface area contributed by atoms with Crippen molar-refractivity contribution in [3.8, 4) is 0 Å². The minimum atomic E-state index is -4.54. The number of benzene rings is 1. The number of anilines is 1. The van der Waals surface area contributed by atoms with Crippen LogP contribution in [-0.2, 0) is 4.79 Å². The van der Waals surface area contributed by atoms with E-state index in [1.54, 1.807) is 18.2 Å². The van der Waals surface area contributed by atoms with Crippen LogP contribution in [0.1, 0.15) is 32.1 Å². The van der Waals surface area contributed by atoms with Crippen molar-refractivity contribution in [3.05, 3.63) is 36.5 Å². The van der Waals surface area contributed by atoms with Crippen LogP contribution >= 0.6 is 0 Å². The Kier molecular flexibility index (Phi) is 4.00. The van der Waals surface area contributed by atoms with Gasteiger partial charge in [-0.1, -0.05) is 37.5 Å². The maximum atomic E-state index is 13.5. The zero-order chi connectivity index (χ0) is 16.5. The summed E-state index contributed by atoms with van der Waals surface area (Å²) in [6.45, 7) is 0. The number of pyridine rings is 1. The van der Waals surface area contributed by atoms with Crippen LogP contribution in [-0.4, -0.2) is 17.1 Å². The molecule has 3 rings (SSSR count). The van der Waals surface area contributed by atoms with Gasteiger partial charge in [-0.2, -0.15) is 13.2 Å². The number of nitrogens with one attached hydrogen (secondary N) is 1. The van der Waals surface area contributed by atoms with Crippen molar-refractivity contribution in [1.82, 2.24) is 4.98 Å². The lowest BCUT2D eigenvalue weighted by Crippen LogP contribution is -2.49. The molecule has 3 nitrogen and oxygen atoms in total. The van der Waals surface area contributed by atoms with Crippen LogP contribution in [0, 0.1) is 5.41 Å². The topological polar surface area (TPSA) is 42.0 Å². The van der Waals surface area contributed by atoms with E-state index >= 15 is 0 Å². The molecule has 1 aromatic carbocycles. The number of carbonyl (C=O) groups is 1. The van der Waals surface area contributed by atoms with Gasteiger partial charge in [-0.3, -0.25) is 9.78 Å². The molecule has 0 unspecified atom stereocenters. The molecule has 1 aliphatic carbocycles. The van der Waals surface area contributed by atoms with Crippen molar-refractivity contribution in [1.29, 1.82) is 0 Å². The van der Waals surface area contributed by atoms with Crippen molar-refractivity contribution in [3.63, 3.8) is 0 Å². The number of nitrogens with zero attached hydrogens (tertiary/aromatic N) is 1. The largest absolute Gasteiger partial charge is 0.403 e. The number of hydrogen-bond acceptors (Lipinski definition) is 2. The van der Waals surface area contributed by atoms with Crippen LogP contribution < -0.4 is 5.32 Å². The van der Waals surface area contributed by atoms with E-state index in [0.29, 0.717) is 18.5 Å². The molecule has 1 aliphatic rings. The highest BCUT2D eigenvalue weighted by atomic mass is 19.4. The quantitative estimate of drug-likeness (QED) is 0.872. The van der Waals surface area contributed by atoms with Gasteiger partial charge >= 0.3 is 6.18 Å². The van der Waals surface area contributed by atoms with Crippen LogP contribution in [0.2, 0.25) is 0 Å². The molecule has 1 N–H and O–H groups in total. The fourth-order valence-electron chi connectivity index (χ4n) is 3.18. The van der Waals surface area contributed by atoms with Gasteiger partial charge in [0.15, 0.2) is 0 Å². The van der Waals surface area contributed by atoms with E-state index in [2.05, 4.69) is 10.3 Å². The Labute approximate surface area is 131 Å². The second kappa shape index (κ2) is 5.83. The van der Waals surface area contributed by atoms with Gasteiger partial charge in [0.2, 0.25) is 5.91 Å². The van der Waals surface area contributed by atoms with Crippen LogP contribution in [0.25, 0.3) is 10.9 Å². The third-order valence-electron chi connectivity index (χ3n) is 4.53. The van der Waals surface area contributed by atoms with E-state index in [4.69, 9.17) is 0 Å². The fourth-order valence-corrected chi connectivity index (χ4v) is 3.18. The summed E-state index contributed by atoms with van der Waals surface area (Å²) in [4.78, 5) is 16.6. The summed E-state index contributed by atoms with van der Waals surface area (Å²) >= 11 is 0. The summed E-state index contributed by atoms with van der Waals surface area (Å²) in [7, 11) is 0. The zero-order valence-corrected chi connectivity index (χ0v) is 12.5. The monoisotopic (exact) mass is 322 g/mol. The summed E-state index contributed by atoms with van der Waals surface area (Å²) < 4.78 is 40.6. The summed E-state index contributed by atoms with van der Waals surface area (Å²) in [6.07, 6.45) is -1.87. The summed E-state index contributed by atoms with van der Waals surface area (Å²) in [6, 6.07) is 8.90. The second-order valence-electron chi connectivity index (χ2n) is 6.01. The van der Waals surface area contributed by atoms with E-state index in [0.717, 1.165) is 17.3 Å². The highest BCUT2D eigenvalue weighted by molar-refractivity contribution is 5.97. The van der Waals surface area contributed by atoms with Crippen molar-refractivity contribution < 1.29 is 18.0 Å². The maximum absolute atomic E-state index is 13.5. The summed E-state index contributed by atoms with van der Waals surface area (Å²) in [5.74, 6) is -0.971. The zero-order valence-electron chi connectivity index (χ0n) is 12.5. The molecular weight excluding hydrogens is 305 g/mol. The molecule has 1 amide bonds. The minimum Gasteiger partial charge on any atom is -0.324 e. The number of aromatic nitrogens is 1. The molecule has 0 saturated heterocycles. The highest BCUT2D eigenvalue weighted by Gasteiger charge is 2.59. The van der Waals surface area contributed by atoms with E-state index in [9.17, 15) is 18.0 Å². The Morgan fingerprint density at radius 3 is 2.52 bits per heavy atom. The SMILES string of the molecule is O=C(Nc1cnc2ccccc2c1)C1(C(F)(F)F)CCCCC1. The molecule has 6 heteroatoms. The average molecular weight is 322 g/mol. The van der Waals surface area contributed by atoms with E-state index in [-0.39, 0.29) is 12.8 Å². The Morgan fingerprint density at radius 2 is 1.83 bits per heavy atom. The van der Waals surface area contributed by atoms with Crippen LogP contribution in [0.4, 0.5) is 18.9 Å². The van der Waals surface area contributed by atoms with Crippen molar-refractivity contribution in [2.24, 2.45) is 5.41 Å². The normalized spacial score (nSPS) is 17.9. The van der Waals surface area contributed by atoms with E-state index < -0.39 is 17.5 Å². The smallest absolute Gasteiger partial charge is 0.324 e. The summed E-state index contributed by atoms with van der Waals surface area (Å²) in [5.41, 5.74) is -1.26. The van der Waals surface area contributed by atoms with Crippen LogP contribution in [0.5, 0.6) is 0 Å². The van der Waals surface area contributed by atoms with Crippen molar-refractivity contribution in [2.75, 3.05) is 5.32 Å². The van der Waals surface area contributed by atoms with Crippen molar-refractivity contribution >= 4 is 22.5 Å². The Bertz CT molecular complexity index is 721. The molecule has 122 valence electrons. The maximum Gasteiger partial charge on any atom is 0.403 e. The standard InChI is InChI=1S/C17H17F3N2O/c18-17(19,20)16(8-4-1-5-9-16)15(23)22-13-10-12-6-2-3-7-14(12)21-11-13/h2-3,6-7,10-11H,1,4-5,8-9H2,(H,22,23). The molecular formula is C17H17F3N2O. The number of rotatable bonds is 2. The number of hydrogen-bond donors (Lipinski definition) is 1. The molecule has 0 aliphatic heterocycles. The predicted octanol–water partition coefficient (Wildman–Crippen LogP) is 4.69. The van der Waals surface area contributed by atoms with Gasteiger partial charge in [0.25, 0.3) is 0 Å². The second-order valence-corrected chi connectivity index (χ2v) is 6.01. The van der Waals surface area contributed by atoms with Crippen LogP contribution in [0.3, 0.4) is 0 Å². The first-order valence-electron chi connectivity index (χ1n) is 7.65. The number of fused-ring (bicyclic) bond motifs is 1. The van der Waals surface area contributed by atoms with Gasteiger partial charge in [-0.25, -0.2) is 0 Å². The molecule has 1 fully saturated rings. The highest BCUT2D eigenvalue weighted by Crippen LogP contribution is 2.49. The van der Waals surface area contributed by atoms with Gasteiger partial charge in [0.1, 0.15) is 5.41 Å². The molecule has 0 radical (unpaired) electrons. The molecule has 23 heavy (non-hydrogen) atoms.